The van der Waals surface area contributed by atoms with E-state index < -0.39 is 29.7 Å². The molecule has 4 N–H and O–H groups in total. The van der Waals surface area contributed by atoms with Gasteiger partial charge in [-0.2, -0.15) is 0 Å². The van der Waals surface area contributed by atoms with Gasteiger partial charge in [-0.05, 0) is 49.4 Å². The molecule has 9 heteroatoms. The van der Waals surface area contributed by atoms with Crippen LogP contribution in [0.5, 0.6) is 0 Å². The molecule has 0 aliphatic carbocycles. The second-order valence-electron chi connectivity index (χ2n) is 11.1. The van der Waals surface area contributed by atoms with Crippen LogP contribution in [0.2, 0.25) is 0 Å². The SMILES string of the molecule is C[C@@H](CCCCNC(=O)c1cc(CC(=O)CCCCCCCCCCCCCCC(=O)O)cc(C(=O)O)c1)C(=O)O. The summed E-state index contributed by atoms with van der Waals surface area (Å²) in [5, 5.41) is 29.8. The predicted molar refractivity (Wildman–Crippen MR) is 157 cm³/mol. The fourth-order valence-corrected chi connectivity index (χ4v) is 4.73. The van der Waals surface area contributed by atoms with E-state index in [2.05, 4.69) is 5.32 Å². The standard InChI is InChI=1S/C32H49NO8/c1-24(31(38)39)16-14-15-19-33-30(37)26-20-25(21-27(23-26)32(40)41)22-28(34)17-12-10-8-6-4-2-3-5-7-9-11-13-18-29(35)36/h20-21,23-24H,2-19,22H2,1H3,(H,33,37)(H,35,36)(H,38,39)(H,40,41)/t24-/m0/s1. The lowest BCUT2D eigenvalue weighted by molar-refractivity contribution is -0.141. The molecule has 9 nitrogen and oxygen atoms in total. The van der Waals surface area contributed by atoms with E-state index in [0.29, 0.717) is 37.8 Å². The second-order valence-corrected chi connectivity index (χ2v) is 11.1. The molecule has 0 saturated heterocycles. The number of Topliss-reactive ketones (excluding diaryl/α,β-unsaturated/α-hetero) is 1. The Kier molecular flexibility index (Phi) is 18.8. The van der Waals surface area contributed by atoms with Crippen molar-refractivity contribution in [2.45, 2.75) is 122 Å². The number of aliphatic carboxylic acids is 2. The van der Waals surface area contributed by atoms with Crippen LogP contribution in [0.1, 0.15) is 142 Å². The van der Waals surface area contributed by atoms with Gasteiger partial charge in [0.25, 0.3) is 5.91 Å². The lowest BCUT2D eigenvalue weighted by Crippen LogP contribution is -2.25. The van der Waals surface area contributed by atoms with Crippen LogP contribution in [0.4, 0.5) is 0 Å². The fraction of sp³-hybridized carbons (Fsp3) is 0.656. The topological polar surface area (TPSA) is 158 Å². The van der Waals surface area contributed by atoms with Crippen molar-refractivity contribution >= 4 is 29.6 Å². The van der Waals surface area contributed by atoms with Crippen molar-refractivity contribution in [3.63, 3.8) is 0 Å². The number of aromatic carboxylic acids is 1. The predicted octanol–water partition coefficient (Wildman–Crippen LogP) is 6.66. The van der Waals surface area contributed by atoms with E-state index >= 15 is 0 Å². The highest BCUT2D eigenvalue weighted by atomic mass is 16.4. The van der Waals surface area contributed by atoms with Crippen molar-refractivity contribution in [1.29, 1.82) is 0 Å². The molecule has 0 heterocycles. The van der Waals surface area contributed by atoms with Gasteiger partial charge in [0.05, 0.1) is 11.5 Å². The molecule has 0 radical (unpaired) electrons. The number of rotatable bonds is 25. The molecule has 41 heavy (non-hydrogen) atoms. The summed E-state index contributed by atoms with van der Waals surface area (Å²) in [6.45, 7) is 2.00. The van der Waals surface area contributed by atoms with Crippen molar-refractivity contribution in [2.75, 3.05) is 6.54 Å². The normalized spacial score (nSPS) is 11.6. The zero-order chi connectivity index (χ0) is 30.5. The maximum absolute atomic E-state index is 12.6. The first-order valence-corrected chi connectivity index (χ1v) is 15.2. The Morgan fingerprint density at radius 3 is 1.68 bits per heavy atom. The average Bonchev–Trinajstić information content (AvgIpc) is 2.92. The summed E-state index contributed by atoms with van der Waals surface area (Å²) in [5.74, 6) is -3.55. The number of carboxylic acids is 3. The molecular weight excluding hydrogens is 526 g/mol. The van der Waals surface area contributed by atoms with E-state index in [1.165, 1.54) is 44.2 Å². The molecule has 1 rings (SSSR count). The molecule has 1 amide bonds. The highest BCUT2D eigenvalue weighted by Crippen LogP contribution is 2.16. The smallest absolute Gasteiger partial charge is 0.335 e. The summed E-state index contributed by atoms with van der Waals surface area (Å²) < 4.78 is 0. The molecule has 1 atom stereocenters. The first-order valence-electron chi connectivity index (χ1n) is 15.2. The number of benzene rings is 1. The van der Waals surface area contributed by atoms with Gasteiger partial charge in [0.2, 0.25) is 0 Å². The van der Waals surface area contributed by atoms with E-state index in [-0.39, 0.29) is 29.8 Å². The Hall–Kier alpha value is -3.23. The van der Waals surface area contributed by atoms with Gasteiger partial charge in [0.15, 0.2) is 0 Å². The van der Waals surface area contributed by atoms with Gasteiger partial charge < -0.3 is 20.6 Å². The molecule has 0 bridgehead atoms. The number of nitrogens with one attached hydrogen (secondary N) is 1. The zero-order valence-electron chi connectivity index (χ0n) is 24.6. The summed E-state index contributed by atoms with van der Waals surface area (Å²) in [4.78, 5) is 58.1. The van der Waals surface area contributed by atoms with E-state index in [1.54, 1.807) is 13.0 Å². The molecule has 0 fully saturated rings. The Bertz CT molecular complexity index is 974. The number of carbonyl (C=O) groups excluding carboxylic acids is 2. The van der Waals surface area contributed by atoms with Gasteiger partial charge in [-0.15, -0.1) is 0 Å². The van der Waals surface area contributed by atoms with Crippen LogP contribution in [-0.4, -0.2) is 51.5 Å². The largest absolute Gasteiger partial charge is 0.481 e. The third-order valence-electron chi connectivity index (χ3n) is 7.27. The third-order valence-corrected chi connectivity index (χ3v) is 7.27. The van der Waals surface area contributed by atoms with Crippen LogP contribution in [0, 0.1) is 5.92 Å². The quantitative estimate of drug-likeness (QED) is 0.0942. The summed E-state index contributed by atoms with van der Waals surface area (Å²) in [6, 6.07) is 4.32. The van der Waals surface area contributed by atoms with Crippen molar-refractivity contribution in [2.24, 2.45) is 5.92 Å². The lowest BCUT2D eigenvalue weighted by Gasteiger charge is -2.10. The first kappa shape index (κ1) is 35.8. The minimum absolute atomic E-state index is 0.0230. The number of carboxylic acid groups (broad SMARTS) is 3. The second kappa shape index (κ2) is 21.5. The van der Waals surface area contributed by atoms with Crippen molar-refractivity contribution in [1.82, 2.24) is 5.32 Å². The maximum Gasteiger partial charge on any atom is 0.335 e. The van der Waals surface area contributed by atoms with Crippen LogP contribution in [0.15, 0.2) is 18.2 Å². The van der Waals surface area contributed by atoms with Gasteiger partial charge >= 0.3 is 17.9 Å². The Labute approximate surface area is 244 Å². The zero-order valence-corrected chi connectivity index (χ0v) is 24.6. The van der Waals surface area contributed by atoms with Gasteiger partial charge in [-0.3, -0.25) is 19.2 Å². The summed E-state index contributed by atoms with van der Waals surface area (Å²) >= 11 is 0. The Morgan fingerprint density at radius 2 is 1.17 bits per heavy atom. The molecule has 0 aliphatic heterocycles. The monoisotopic (exact) mass is 575 g/mol. The minimum atomic E-state index is -1.16. The molecular formula is C32H49NO8. The van der Waals surface area contributed by atoms with Crippen LogP contribution in [0.3, 0.4) is 0 Å². The molecule has 0 saturated carbocycles. The molecule has 0 spiro atoms. The highest BCUT2D eigenvalue weighted by molar-refractivity contribution is 5.98. The van der Waals surface area contributed by atoms with Crippen LogP contribution < -0.4 is 5.32 Å². The number of unbranched alkanes of at least 4 members (excludes halogenated alkanes) is 12. The number of hydrogen-bond donors (Lipinski definition) is 4. The van der Waals surface area contributed by atoms with Crippen LogP contribution in [0.25, 0.3) is 0 Å². The van der Waals surface area contributed by atoms with Crippen molar-refractivity contribution < 1.29 is 39.3 Å². The fourth-order valence-electron chi connectivity index (χ4n) is 4.73. The third kappa shape index (κ3) is 17.9. The number of carbonyl (C=O) groups is 5. The number of ketones is 1. The maximum atomic E-state index is 12.6. The van der Waals surface area contributed by atoms with Gasteiger partial charge in [-0.1, -0.05) is 77.6 Å². The van der Waals surface area contributed by atoms with E-state index in [9.17, 15) is 29.1 Å². The van der Waals surface area contributed by atoms with Crippen LogP contribution >= 0.6 is 0 Å². The number of amides is 1. The highest BCUT2D eigenvalue weighted by Gasteiger charge is 2.15. The first-order chi connectivity index (χ1) is 19.6. The molecule has 1 aromatic rings. The van der Waals surface area contributed by atoms with Gasteiger partial charge in [0, 0.05) is 31.4 Å². The van der Waals surface area contributed by atoms with E-state index in [1.807, 2.05) is 0 Å². The molecule has 230 valence electrons. The minimum Gasteiger partial charge on any atom is -0.481 e. The van der Waals surface area contributed by atoms with E-state index in [0.717, 1.165) is 44.9 Å². The molecule has 0 unspecified atom stereocenters. The van der Waals surface area contributed by atoms with Crippen molar-refractivity contribution in [3.05, 3.63) is 34.9 Å². The Balaban J connectivity index is 2.28. The van der Waals surface area contributed by atoms with Gasteiger partial charge in [0.1, 0.15) is 5.78 Å². The summed E-state index contributed by atoms with van der Waals surface area (Å²) in [7, 11) is 0. The molecule has 0 aliphatic rings. The summed E-state index contributed by atoms with van der Waals surface area (Å²) in [6.07, 6.45) is 15.4. The molecule has 1 aromatic carbocycles. The molecule has 0 aromatic heterocycles. The van der Waals surface area contributed by atoms with Gasteiger partial charge in [-0.25, -0.2) is 4.79 Å². The lowest BCUT2D eigenvalue weighted by atomic mass is 9.98. The average molecular weight is 576 g/mol. The Morgan fingerprint density at radius 1 is 0.659 bits per heavy atom. The van der Waals surface area contributed by atoms with Crippen LogP contribution in [-0.2, 0) is 20.8 Å². The summed E-state index contributed by atoms with van der Waals surface area (Å²) in [5.41, 5.74) is 0.677. The number of hydrogen-bond acceptors (Lipinski definition) is 5. The van der Waals surface area contributed by atoms with E-state index in [4.69, 9.17) is 10.2 Å². The van der Waals surface area contributed by atoms with Crippen molar-refractivity contribution in [3.8, 4) is 0 Å².